The van der Waals surface area contributed by atoms with E-state index in [2.05, 4.69) is 15.9 Å². The first-order valence-corrected chi connectivity index (χ1v) is 9.40. The average Bonchev–Trinajstić information content (AvgIpc) is 2.38. The zero-order chi connectivity index (χ0) is 14.8. The third kappa shape index (κ3) is 3.39. The summed E-state index contributed by atoms with van der Waals surface area (Å²) in [7, 11) is -3.75. The van der Waals surface area contributed by atoms with Gasteiger partial charge in [-0.15, -0.1) is 0 Å². The van der Waals surface area contributed by atoms with Crippen LogP contribution in [0.5, 0.6) is 0 Å². The first kappa shape index (κ1) is 15.9. The molecule has 6 heteroatoms. The van der Waals surface area contributed by atoms with E-state index in [1.54, 1.807) is 0 Å². The summed E-state index contributed by atoms with van der Waals surface area (Å²) >= 11 is 3.41. The maximum Gasteiger partial charge on any atom is 0.181 e. The van der Waals surface area contributed by atoms with Gasteiger partial charge in [0.2, 0.25) is 0 Å². The van der Waals surface area contributed by atoms with Gasteiger partial charge in [-0.3, -0.25) is 0 Å². The van der Waals surface area contributed by atoms with Gasteiger partial charge < -0.3 is 0 Å². The molecule has 112 valence electrons. The summed E-state index contributed by atoms with van der Waals surface area (Å²) in [6.07, 6.45) is 4.74. The molecular weight excluding hydrogens is 350 g/mol. The van der Waals surface area contributed by atoms with E-state index in [-0.39, 0.29) is 11.2 Å². The first-order chi connectivity index (χ1) is 9.38. The monoisotopic (exact) mass is 366 g/mol. The number of rotatable bonds is 4. The third-order valence-corrected chi connectivity index (χ3v) is 7.11. The third-order valence-electron chi connectivity index (χ3n) is 3.92. The summed E-state index contributed by atoms with van der Waals surface area (Å²) < 4.78 is 51.4. The lowest BCUT2D eigenvalue weighted by atomic mass is 9.77. The molecule has 0 atom stereocenters. The number of hydrogen-bond acceptors (Lipinski definition) is 2. The fourth-order valence-corrected chi connectivity index (χ4v) is 5.83. The van der Waals surface area contributed by atoms with Crippen molar-refractivity contribution in [2.45, 2.75) is 37.0 Å². The number of hydrogen-bond donors (Lipinski definition) is 0. The lowest BCUT2D eigenvalue weighted by Crippen LogP contribution is -2.34. The van der Waals surface area contributed by atoms with Gasteiger partial charge >= 0.3 is 0 Å². The zero-order valence-electron chi connectivity index (χ0n) is 11.0. The smallest absolute Gasteiger partial charge is 0.181 e. The quantitative estimate of drug-likeness (QED) is 0.594. The van der Waals surface area contributed by atoms with Gasteiger partial charge in [0.1, 0.15) is 16.5 Å². The molecule has 1 aliphatic rings. The van der Waals surface area contributed by atoms with E-state index in [9.17, 15) is 17.2 Å². The van der Waals surface area contributed by atoms with Crippen molar-refractivity contribution in [1.29, 1.82) is 0 Å². The van der Waals surface area contributed by atoms with E-state index in [1.807, 2.05) is 0 Å². The lowest BCUT2D eigenvalue weighted by molar-refractivity contribution is 0.256. The highest BCUT2D eigenvalue weighted by Crippen LogP contribution is 2.40. The molecule has 0 aliphatic heterocycles. The van der Waals surface area contributed by atoms with Crippen molar-refractivity contribution < 1.29 is 17.2 Å². The number of halogens is 3. The molecule has 1 aromatic rings. The molecule has 0 radical (unpaired) electrons. The molecular formula is C14H17BrF2O2S. The Morgan fingerprint density at radius 2 is 1.80 bits per heavy atom. The molecule has 0 N–H and O–H groups in total. The Labute approximate surface area is 126 Å². The molecule has 20 heavy (non-hydrogen) atoms. The van der Waals surface area contributed by atoms with Gasteiger partial charge in [-0.05, 0) is 30.4 Å². The molecule has 1 saturated carbocycles. The van der Waals surface area contributed by atoms with Crippen molar-refractivity contribution >= 4 is 25.8 Å². The van der Waals surface area contributed by atoms with Crippen molar-refractivity contribution in [3.8, 4) is 0 Å². The van der Waals surface area contributed by atoms with Crippen LogP contribution in [0, 0.1) is 17.0 Å². The van der Waals surface area contributed by atoms with Crippen molar-refractivity contribution in [2.24, 2.45) is 5.41 Å². The predicted molar refractivity (Wildman–Crippen MR) is 77.7 cm³/mol. The molecule has 1 aliphatic carbocycles. The summed E-state index contributed by atoms with van der Waals surface area (Å²) in [5.41, 5.74) is -0.335. The summed E-state index contributed by atoms with van der Waals surface area (Å²) in [4.78, 5) is -0.398. The van der Waals surface area contributed by atoms with Crippen LogP contribution in [0.3, 0.4) is 0 Å². The Morgan fingerprint density at radius 1 is 1.15 bits per heavy atom. The summed E-state index contributed by atoms with van der Waals surface area (Å²) in [6, 6.07) is 2.62. The Kier molecular flexibility index (Phi) is 4.84. The number of sulfone groups is 1. The van der Waals surface area contributed by atoms with Crippen molar-refractivity contribution in [1.82, 2.24) is 0 Å². The van der Waals surface area contributed by atoms with Crippen molar-refractivity contribution in [3.05, 3.63) is 29.8 Å². The van der Waals surface area contributed by atoms with Gasteiger partial charge in [0.05, 0.1) is 5.75 Å². The zero-order valence-corrected chi connectivity index (χ0v) is 13.4. The fraction of sp³-hybridized carbons (Fsp3) is 0.571. The SMILES string of the molecule is O=S(=O)(CC1(CBr)CCCCC1)c1ccc(F)cc1F. The molecule has 1 aromatic carbocycles. The van der Waals surface area contributed by atoms with Gasteiger partial charge in [0, 0.05) is 11.4 Å². The highest BCUT2D eigenvalue weighted by molar-refractivity contribution is 9.09. The topological polar surface area (TPSA) is 34.1 Å². The summed E-state index contributed by atoms with van der Waals surface area (Å²) in [5, 5.41) is 0.585. The van der Waals surface area contributed by atoms with Crippen LogP contribution in [-0.2, 0) is 9.84 Å². The van der Waals surface area contributed by atoms with Crippen LogP contribution in [0.15, 0.2) is 23.1 Å². The fourth-order valence-electron chi connectivity index (χ4n) is 2.83. The molecule has 0 bridgehead atoms. The second kappa shape index (κ2) is 6.10. The van der Waals surface area contributed by atoms with E-state index in [0.717, 1.165) is 44.2 Å². The van der Waals surface area contributed by atoms with Crippen molar-refractivity contribution in [3.63, 3.8) is 0 Å². The van der Waals surface area contributed by atoms with E-state index in [0.29, 0.717) is 11.4 Å². The lowest BCUT2D eigenvalue weighted by Gasteiger charge is -2.35. The second-order valence-corrected chi connectivity index (χ2v) is 8.05. The predicted octanol–water partition coefficient (Wildman–Crippen LogP) is 4.08. The molecule has 0 unspecified atom stereocenters. The normalized spacial score (nSPS) is 18.9. The van der Waals surface area contributed by atoms with Gasteiger partial charge in [0.15, 0.2) is 9.84 Å². The first-order valence-electron chi connectivity index (χ1n) is 6.62. The summed E-state index contributed by atoms with van der Waals surface area (Å²) in [5.74, 6) is -1.87. The highest BCUT2D eigenvalue weighted by atomic mass is 79.9. The summed E-state index contributed by atoms with van der Waals surface area (Å²) in [6.45, 7) is 0. The van der Waals surface area contributed by atoms with Crippen LogP contribution in [-0.4, -0.2) is 19.5 Å². The molecule has 2 nitrogen and oxygen atoms in total. The van der Waals surface area contributed by atoms with Crippen LogP contribution >= 0.6 is 15.9 Å². The standard InChI is InChI=1S/C14H17BrF2O2S/c15-9-14(6-2-1-3-7-14)10-20(18,19)13-5-4-11(16)8-12(13)17/h4-5,8H,1-3,6-7,9-10H2. The van der Waals surface area contributed by atoms with E-state index >= 15 is 0 Å². The van der Waals surface area contributed by atoms with E-state index < -0.39 is 26.4 Å². The molecule has 0 aromatic heterocycles. The Balaban J connectivity index is 2.30. The highest BCUT2D eigenvalue weighted by Gasteiger charge is 2.37. The van der Waals surface area contributed by atoms with E-state index in [4.69, 9.17) is 0 Å². The Hall–Kier alpha value is -0.490. The maximum atomic E-state index is 13.7. The van der Waals surface area contributed by atoms with E-state index in [1.165, 1.54) is 0 Å². The van der Waals surface area contributed by atoms with Crippen molar-refractivity contribution in [2.75, 3.05) is 11.1 Å². The van der Waals surface area contributed by atoms with Crippen LogP contribution < -0.4 is 0 Å². The number of benzene rings is 1. The molecule has 0 heterocycles. The van der Waals surface area contributed by atoms with Gasteiger partial charge in [0.25, 0.3) is 0 Å². The molecule has 0 saturated heterocycles. The minimum absolute atomic E-state index is 0.0895. The minimum Gasteiger partial charge on any atom is -0.224 e. The average molecular weight is 367 g/mol. The van der Waals surface area contributed by atoms with Crippen LogP contribution in [0.1, 0.15) is 32.1 Å². The maximum absolute atomic E-state index is 13.7. The van der Waals surface area contributed by atoms with Crippen LogP contribution in [0.2, 0.25) is 0 Å². The number of alkyl halides is 1. The minimum atomic E-state index is -3.75. The van der Waals surface area contributed by atoms with Gasteiger partial charge in [-0.2, -0.15) is 0 Å². The second-order valence-electron chi connectivity index (χ2n) is 5.53. The van der Waals surface area contributed by atoms with Gasteiger partial charge in [-0.25, -0.2) is 17.2 Å². The molecule has 2 rings (SSSR count). The van der Waals surface area contributed by atoms with Gasteiger partial charge in [-0.1, -0.05) is 35.2 Å². The van der Waals surface area contributed by atoms with Crippen LogP contribution in [0.4, 0.5) is 8.78 Å². The molecule has 0 amide bonds. The molecule has 1 fully saturated rings. The van der Waals surface area contributed by atoms with Crippen LogP contribution in [0.25, 0.3) is 0 Å². The largest absolute Gasteiger partial charge is 0.224 e. The Bertz CT molecular complexity index is 581. The molecule has 0 spiro atoms. The Morgan fingerprint density at radius 3 is 2.35 bits per heavy atom.